The first-order chi connectivity index (χ1) is 7.31. The van der Waals surface area contributed by atoms with Gasteiger partial charge in [-0.2, -0.15) is 0 Å². The van der Waals surface area contributed by atoms with Crippen molar-refractivity contribution in [3.8, 4) is 0 Å². The van der Waals surface area contributed by atoms with Crippen LogP contribution in [0.1, 0.15) is 47.5 Å². The first-order valence-electron chi connectivity index (χ1n) is 6.21. The summed E-state index contributed by atoms with van der Waals surface area (Å²) >= 11 is 0. The monoisotopic (exact) mass is 230 g/mol. The van der Waals surface area contributed by atoms with E-state index in [1.807, 2.05) is 13.8 Å². The van der Waals surface area contributed by atoms with Crippen LogP contribution in [0.5, 0.6) is 0 Å². The van der Waals surface area contributed by atoms with Crippen LogP contribution >= 0.6 is 0 Å². The Kier molecular flexibility index (Phi) is 4.38. The van der Waals surface area contributed by atoms with E-state index in [9.17, 15) is 0 Å². The summed E-state index contributed by atoms with van der Waals surface area (Å²) in [5, 5.41) is 8.86. The van der Waals surface area contributed by atoms with Crippen molar-refractivity contribution in [1.82, 2.24) is 0 Å². The second-order valence-electron chi connectivity index (χ2n) is 6.00. The summed E-state index contributed by atoms with van der Waals surface area (Å²) in [6, 6.07) is 0. The Hall–Kier alpha value is -0.120. The summed E-state index contributed by atoms with van der Waals surface area (Å²) in [6.45, 7) is 11.2. The number of rotatable bonds is 6. The summed E-state index contributed by atoms with van der Waals surface area (Å²) in [4.78, 5) is 0. The van der Waals surface area contributed by atoms with Gasteiger partial charge in [0, 0.05) is 0 Å². The molecule has 0 heterocycles. The molecule has 96 valence electrons. The van der Waals surface area contributed by atoms with Crippen molar-refractivity contribution in [2.45, 2.75) is 65.3 Å². The number of hydrogen-bond donors (Lipinski definition) is 1. The molecule has 3 heteroatoms. The Labute approximate surface area is 99.1 Å². The SMILES string of the molecule is CC(CO)OCC(C)OC1(C(C)(C)C)CC1. The van der Waals surface area contributed by atoms with Crippen molar-refractivity contribution in [3.05, 3.63) is 0 Å². The Morgan fingerprint density at radius 1 is 1.19 bits per heavy atom. The van der Waals surface area contributed by atoms with Gasteiger partial charge in [0.25, 0.3) is 0 Å². The van der Waals surface area contributed by atoms with Crippen LogP contribution in [-0.4, -0.2) is 36.1 Å². The third-order valence-electron chi connectivity index (χ3n) is 3.37. The maximum absolute atomic E-state index is 8.86. The van der Waals surface area contributed by atoms with Crippen LogP contribution in [0.2, 0.25) is 0 Å². The lowest BCUT2D eigenvalue weighted by Crippen LogP contribution is -2.36. The van der Waals surface area contributed by atoms with Crippen LogP contribution in [-0.2, 0) is 9.47 Å². The molecule has 16 heavy (non-hydrogen) atoms. The van der Waals surface area contributed by atoms with Gasteiger partial charge in [-0.3, -0.25) is 0 Å². The number of hydrogen-bond acceptors (Lipinski definition) is 3. The standard InChI is InChI=1S/C13H26O3/c1-10(8-14)15-9-11(2)16-13(6-7-13)12(3,4)5/h10-11,14H,6-9H2,1-5H3. The molecule has 1 rings (SSSR count). The average Bonchev–Trinajstić information content (AvgIpc) is 2.94. The number of ether oxygens (including phenoxy) is 2. The molecule has 2 atom stereocenters. The molecule has 3 nitrogen and oxygen atoms in total. The lowest BCUT2D eigenvalue weighted by molar-refractivity contribution is -0.116. The minimum Gasteiger partial charge on any atom is -0.394 e. The maximum Gasteiger partial charge on any atom is 0.0788 e. The van der Waals surface area contributed by atoms with E-state index in [2.05, 4.69) is 20.8 Å². The number of aliphatic hydroxyl groups is 1. The van der Waals surface area contributed by atoms with Crippen molar-refractivity contribution in [1.29, 1.82) is 0 Å². The highest BCUT2D eigenvalue weighted by Crippen LogP contribution is 2.53. The van der Waals surface area contributed by atoms with E-state index in [4.69, 9.17) is 14.6 Å². The third kappa shape index (κ3) is 3.44. The van der Waals surface area contributed by atoms with E-state index in [-0.39, 0.29) is 29.8 Å². The second-order valence-corrected chi connectivity index (χ2v) is 6.00. The van der Waals surface area contributed by atoms with Gasteiger partial charge in [0.05, 0.1) is 31.0 Å². The summed E-state index contributed by atoms with van der Waals surface area (Å²) in [5.74, 6) is 0. The van der Waals surface area contributed by atoms with Crippen molar-refractivity contribution in [3.63, 3.8) is 0 Å². The van der Waals surface area contributed by atoms with E-state index in [0.29, 0.717) is 6.61 Å². The Morgan fingerprint density at radius 3 is 2.12 bits per heavy atom. The molecule has 1 N–H and O–H groups in total. The summed E-state index contributed by atoms with van der Waals surface area (Å²) in [5.41, 5.74) is 0.252. The summed E-state index contributed by atoms with van der Waals surface area (Å²) in [6.07, 6.45) is 2.29. The van der Waals surface area contributed by atoms with Crippen molar-refractivity contribution < 1.29 is 14.6 Å². The fourth-order valence-electron chi connectivity index (χ4n) is 1.93. The van der Waals surface area contributed by atoms with E-state index in [0.717, 1.165) is 12.8 Å². The van der Waals surface area contributed by atoms with Crippen LogP contribution in [0, 0.1) is 5.41 Å². The highest BCUT2D eigenvalue weighted by atomic mass is 16.6. The van der Waals surface area contributed by atoms with Crippen LogP contribution < -0.4 is 0 Å². The van der Waals surface area contributed by atoms with Crippen molar-refractivity contribution in [2.24, 2.45) is 5.41 Å². The van der Waals surface area contributed by atoms with Crippen LogP contribution in [0.4, 0.5) is 0 Å². The molecule has 0 bridgehead atoms. The van der Waals surface area contributed by atoms with Gasteiger partial charge in [0.15, 0.2) is 0 Å². The quantitative estimate of drug-likeness (QED) is 0.761. The van der Waals surface area contributed by atoms with Crippen molar-refractivity contribution >= 4 is 0 Å². The third-order valence-corrected chi connectivity index (χ3v) is 3.37. The highest BCUT2D eigenvalue weighted by molar-refractivity contribution is 5.05. The molecule has 0 spiro atoms. The van der Waals surface area contributed by atoms with Gasteiger partial charge < -0.3 is 14.6 Å². The number of aliphatic hydroxyl groups excluding tert-OH is 1. The van der Waals surface area contributed by atoms with Gasteiger partial charge in [-0.25, -0.2) is 0 Å². The molecule has 0 amide bonds. The average molecular weight is 230 g/mol. The van der Waals surface area contributed by atoms with E-state index >= 15 is 0 Å². The van der Waals surface area contributed by atoms with Crippen molar-refractivity contribution in [2.75, 3.05) is 13.2 Å². The molecule has 0 aromatic rings. The zero-order valence-electron chi connectivity index (χ0n) is 11.2. The maximum atomic E-state index is 8.86. The largest absolute Gasteiger partial charge is 0.394 e. The lowest BCUT2D eigenvalue weighted by Gasteiger charge is -2.33. The summed E-state index contributed by atoms with van der Waals surface area (Å²) < 4.78 is 11.6. The molecule has 1 fully saturated rings. The van der Waals surface area contributed by atoms with Gasteiger partial charge >= 0.3 is 0 Å². The first-order valence-corrected chi connectivity index (χ1v) is 6.21. The van der Waals surface area contributed by atoms with E-state index < -0.39 is 0 Å². The van der Waals surface area contributed by atoms with Gasteiger partial charge in [-0.05, 0) is 32.1 Å². The zero-order valence-corrected chi connectivity index (χ0v) is 11.2. The predicted molar refractivity (Wildman–Crippen MR) is 64.5 cm³/mol. The molecule has 1 aliphatic carbocycles. The Balaban J connectivity index is 2.32. The molecule has 0 aliphatic heterocycles. The first kappa shape index (κ1) is 13.9. The van der Waals surface area contributed by atoms with Crippen LogP contribution in [0.15, 0.2) is 0 Å². The normalized spacial score (nSPS) is 22.9. The fraction of sp³-hybridized carbons (Fsp3) is 1.00. The molecule has 2 unspecified atom stereocenters. The van der Waals surface area contributed by atoms with Gasteiger partial charge in [-0.15, -0.1) is 0 Å². The predicted octanol–water partition coefficient (Wildman–Crippen LogP) is 2.37. The molecule has 0 aromatic carbocycles. The second kappa shape index (κ2) is 5.03. The molecular weight excluding hydrogens is 204 g/mol. The minimum atomic E-state index is -0.101. The highest BCUT2D eigenvalue weighted by Gasteiger charge is 2.54. The van der Waals surface area contributed by atoms with E-state index in [1.165, 1.54) is 0 Å². The molecular formula is C13H26O3. The van der Waals surface area contributed by atoms with Crippen LogP contribution in [0.25, 0.3) is 0 Å². The fourth-order valence-corrected chi connectivity index (χ4v) is 1.93. The topological polar surface area (TPSA) is 38.7 Å². The smallest absolute Gasteiger partial charge is 0.0788 e. The van der Waals surface area contributed by atoms with E-state index in [1.54, 1.807) is 0 Å². The van der Waals surface area contributed by atoms with Gasteiger partial charge in [0.1, 0.15) is 0 Å². The molecule has 1 saturated carbocycles. The Bertz CT molecular complexity index is 216. The Morgan fingerprint density at radius 2 is 1.75 bits per heavy atom. The van der Waals surface area contributed by atoms with Crippen LogP contribution in [0.3, 0.4) is 0 Å². The summed E-state index contributed by atoms with van der Waals surface area (Å²) in [7, 11) is 0. The lowest BCUT2D eigenvalue weighted by atomic mass is 9.86. The van der Waals surface area contributed by atoms with Gasteiger partial charge in [-0.1, -0.05) is 20.8 Å². The molecule has 0 saturated heterocycles. The minimum absolute atomic E-state index is 0.0538. The van der Waals surface area contributed by atoms with Gasteiger partial charge in [0.2, 0.25) is 0 Å². The molecule has 0 radical (unpaired) electrons. The molecule has 1 aliphatic rings. The zero-order chi connectivity index (χ0) is 12.4. The molecule has 0 aromatic heterocycles.